The number of allylic oxidation sites excluding steroid dienone is 1. The summed E-state index contributed by atoms with van der Waals surface area (Å²) in [5.74, 6) is -0.279. The second kappa shape index (κ2) is 8.11. The topological polar surface area (TPSA) is 58.2 Å². The minimum absolute atomic E-state index is 0.0102. The van der Waals surface area contributed by atoms with E-state index >= 15 is 0 Å². The molecule has 0 aliphatic heterocycles. The maximum Gasteiger partial charge on any atom is 0.250 e. The maximum absolute atomic E-state index is 12.2. The molecule has 0 bridgehead atoms. The van der Waals surface area contributed by atoms with Crippen LogP contribution in [0, 0.1) is 13.8 Å². The van der Waals surface area contributed by atoms with Crippen molar-refractivity contribution in [1.29, 1.82) is 0 Å². The molecule has 0 unspecified atom stereocenters. The molecule has 2 aromatic carbocycles. The third-order valence-corrected chi connectivity index (χ3v) is 3.42. The van der Waals surface area contributed by atoms with Crippen molar-refractivity contribution in [3.8, 4) is 0 Å². The fraction of sp³-hybridized carbons (Fsp3) is 0.200. The van der Waals surface area contributed by atoms with E-state index in [0.717, 1.165) is 22.5 Å². The van der Waals surface area contributed by atoms with Crippen LogP contribution in [0.5, 0.6) is 0 Å². The highest BCUT2D eigenvalue weighted by molar-refractivity contribution is 6.00. The van der Waals surface area contributed by atoms with Gasteiger partial charge in [-0.15, -0.1) is 0 Å². The van der Waals surface area contributed by atoms with E-state index in [4.69, 9.17) is 0 Å². The summed E-state index contributed by atoms with van der Waals surface area (Å²) < 4.78 is 0. The summed E-state index contributed by atoms with van der Waals surface area (Å²) >= 11 is 0. The Balaban J connectivity index is 2.11. The number of nitrogens with one attached hydrogen (secondary N) is 2. The van der Waals surface area contributed by atoms with Gasteiger partial charge in [0.25, 0.3) is 0 Å². The molecule has 2 N–H and O–H groups in total. The van der Waals surface area contributed by atoms with Crippen LogP contribution in [0.25, 0.3) is 0 Å². The number of Topliss-reactive ketones (excluding diaryl/α,β-unsaturated/α-hetero) is 1. The highest BCUT2D eigenvalue weighted by Gasteiger charge is 2.06. The molecule has 0 atom stereocenters. The third kappa shape index (κ3) is 5.72. The third-order valence-electron chi connectivity index (χ3n) is 3.42. The van der Waals surface area contributed by atoms with Crippen LogP contribution >= 0.6 is 0 Å². The second-order valence-electron chi connectivity index (χ2n) is 5.89. The summed E-state index contributed by atoms with van der Waals surface area (Å²) in [6.45, 7) is 5.50. The number of hydrogen-bond donors (Lipinski definition) is 2. The van der Waals surface area contributed by atoms with Gasteiger partial charge in [0.1, 0.15) is 5.78 Å². The molecular weight excluding hydrogens is 300 g/mol. The van der Waals surface area contributed by atoms with E-state index in [9.17, 15) is 9.59 Å². The summed E-state index contributed by atoms with van der Waals surface area (Å²) in [6.07, 6.45) is 1.61. The van der Waals surface area contributed by atoms with Crippen molar-refractivity contribution in [2.75, 3.05) is 10.6 Å². The van der Waals surface area contributed by atoms with Gasteiger partial charge in [0.05, 0.1) is 0 Å². The lowest BCUT2D eigenvalue weighted by Gasteiger charge is -2.11. The molecule has 0 aliphatic carbocycles. The molecule has 24 heavy (non-hydrogen) atoms. The standard InChI is InChI=1S/C20H22N2O2/c1-14-4-8-17(9-5-14)21-19(12-16(3)23)13-20(24)22-18-10-6-15(2)7-11-18/h4-11,13,21H,12H2,1-3H3,(H,22,24)/b19-13+. The van der Waals surface area contributed by atoms with Gasteiger partial charge >= 0.3 is 0 Å². The number of benzene rings is 2. The van der Waals surface area contributed by atoms with Gasteiger partial charge in [-0.1, -0.05) is 35.4 Å². The van der Waals surface area contributed by atoms with Crippen LogP contribution in [0.1, 0.15) is 24.5 Å². The van der Waals surface area contributed by atoms with Crippen LogP contribution in [0.3, 0.4) is 0 Å². The molecule has 0 saturated heterocycles. The molecule has 0 fully saturated rings. The average molecular weight is 322 g/mol. The highest BCUT2D eigenvalue weighted by Crippen LogP contribution is 2.14. The second-order valence-corrected chi connectivity index (χ2v) is 5.89. The largest absolute Gasteiger partial charge is 0.358 e. The molecule has 4 heteroatoms. The van der Waals surface area contributed by atoms with Crippen molar-refractivity contribution in [2.45, 2.75) is 27.2 Å². The Morgan fingerprint density at radius 3 is 1.75 bits per heavy atom. The number of anilines is 2. The van der Waals surface area contributed by atoms with Crippen LogP contribution in [0.15, 0.2) is 60.3 Å². The first-order chi connectivity index (χ1) is 11.4. The lowest BCUT2D eigenvalue weighted by molar-refractivity contribution is -0.116. The molecule has 124 valence electrons. The molecule has 0 aromatic heterocycles. The van der Waals surface area contributed by atoms with Crippen molar-refractivity contribution in [1.82, 2.24) is 0 Å². The highest BCUT2D eigenvalue weighted by atomic mass is 16.1. The van der Waals surface area contributed by atoms with Crippen LogP contribution in [-0.2, 0) is 9.59 Å². The van der Waals surface area contributed by atoms with E-state index in [0.29, 0.717) is 5.70 Å². The van der Waals surface area contributed by atoms with E-state index in [-0.39, 0.29) is 18.1 Å². The molecule has 0 heterocycles. The minimum Gasteiger partial charge on any atom is -0.358 e. The molecule has 0 aliphatic rings. The van der Waals surface area contributed by atoms with Gasteiger partial charge in [-0.3, -0.25) is 9.59 Å². The zero-order valence-electron chi connectivity index (χ0n) is 14.2. The van der Waals surface area contributed by atoms with Crippen molar-refractivity contribution >= 4 is 23.1 Å². The lowest BCUT2D eigenvalue weighted by Crippen LogP contribution is -2.13. The Bertz CT molecular complexity index is 744. The lowest BCUT2D eigenvalue weighted by atomic mass is 10.2. The number of hydrogen-bond acceptors (Lipinski definition) is 3. The molecule has 4 nitrogen and oxygen atoms in total. The van der Waals surface area contributed by atoms with Crippen molar-refractivity contribution in [3.05, 3.63) is 71.4 Å². The van der Waals surface area contributed by atoms with E-state index in [2.05, 4.69) is 10.6 Å². The van der Waals surface area contributed by atoms with E-state index in [1.165, 1.54) is 13.0 Å². The first-order valence-corrected chi connectivity index (χ1v) is 7.84. The quantitative estimate of drug-likeness (QED) is 0.783. The first-order valence-electron chi connectivity index (χ1n) is 7.84. The van der Waals surface area contributed by atoms with Crippen molar-refractivity contribution in [2.24, 2.45) is 0 Å². The first kappa shape index (κ1) is 17.5. The van der Waals surface area contributed by atoms with E-state index in [1.807, 2.05) is 62.4 Å². The maximum atomic E-state index is 12.2. The number of rotatable bonds is 6. The monoisotopic (exact) mass is 322 g/mol. The SMILES string of the molecule is CC(=O)C/C(=C\C(=O)Nc1ccc(C)cc1)Nc1ccc(C)cc1. The molecule has 0 saturated carbocycles. The van der Waals surface area contributed by atoms with Gasteiger partial charge in [0, 0.05) is 29.6 Å². The predicted octanol–water partition coefficient (Wildman–Crippen LogP) is 4.22. The molecule has 2 rings (SSSR count). The molecule has 0 spiro atoms. The van der Waals surface area contributed by atoms with Gasteiger partial charge in [0.15, 0.2) is 0 Å². The number of carbonyl (C=O) groups is 2. The smallest absolute Gasteiger partial charge is 0.250 e. The Labute approximate surface area is 142 Å². The minimum atomic E-state index is -0.269. The van der Waals surface area contributed by atoms with Gasteiger partial charge in [0.2, 0.25) is 5.91 Å². The molecule has 0 radical (unpaired) electrons. The van der Waals surface area contributed by atoms with Gasteiger partial charge < -0.3 is 10.6 Å². The molecular formula is C20H22N2O2. The predicted molar refractivity (Wildman–Crippen MR) is 98.0 cm³/mol. The van der Waals surface area contributed by atoms with Gasteiger partial charge in [-0.25, -0.2) is 0 Å². The number of ketones is 1. The van der Waals surface area contributed by atoms with Gasteiger partial charge in [-0.05, 0) is 45.0 Å². The zero-order chi connectivity index (χ0) is 17.5. The van der Waals surface area contributed by atoms with Gasteiger partial charge in [-0.2, -0.15) is 0 Å². The summed E-state index contributed by atoms with van der Waals surface area (Å²) in [6, 6.07) is 15.3. The number of aryl methyl sites for hydroxylation is 2. The Morgan fingerprint density at radius 2 is 1.29 bits per heavy atom. The van der Waals surface area contributed by atoms with Crippen LogP contribution in [0.4, 0.5) is 11.4 Å². The fourth-order valence-corrected chi connectivity index (χ4v) is 2.20. The Morgan fingerprint density at radius 1 is 0.833 bits per heavy atom. The van der Waals surface area contributed by atoms with E-state index in [1.54, 1.807) is 0 Å². The summed E-state index contributed by atoms with van der Waals surface area (Å²) in [5, 5.41) is 5.94. The molecule has 2 aromatic rings. The Kier molecular flexibility index (Phi) is 5.90. The van der Waals surface area contributed by atoms with Crippen LogP contribution in [-0.4, -0.2) is 11.7 Å². The van der Waals surface area contributed by atoms with E-state index < -0.39 is 0 Å². The summed E-state index contributed by atoms with van der Waals surface area (Å²) in [7, 11) is 0. The van der Waals surface area contributed by atoms with Crippen LogP contribution < -0.4 is 10.6 Å². The number of amides is 1. The Hall–Kier alpha value is -2.88. The molecule has 1 amide bonds. The summed E-state index contributed by atoms with van der Waals surface area (Å²) in [5.41, 5.74) is 4.41. The average Bonchev–Trinajstić information content (AvgIpc) is 2.51. The normalized spacial score (nSPS) is 11.0. The van der Waals surface area contributed by atoms with Crippen LogP contribution in [0.2, 0.25) is 0 Å². The fourth-order valence-electron chi connectivity index (χ4n) is 2.20. The number of carbonyl (C=O) groups excluding carboxylic acids is 2. The zero-order valence-corrected chi connectivity index (χ0v) is 14.2. The van der Waals surface area contributed by atoms with Crippen molar-refractivity contribution < 1.29 is 9.59 Å². The van der Waals surface area contributed by atoms with Crippen molar-refractivity contribution in [3.63, 3.8) is 0 Å². The summed E-state index contributed by atoms with van der Waals surface area (Å²) in [4.78, 5) is 23.7.